The van der Waals surface area contributed by atoms with Crippen LogP contribution in [0.15, 0.2) is 17.2 Å². The van der Waals surface area contributed by atoms with Crippen LogP contribution in [0, 0.1) is 26.7 Å². The number of carbonyl (C=O) groups excluding carboxylic acids is 2. The highest BCUT2D eigenvalue weighted by Gasteiger charge is 2.44. The monoisotopic (exact) mass is 361 g/mol. The Morgan fingerprint density at radius 1 is 1.32 bits per heavy atom. The smallest absolute Gasteiger partial charge is 0.251 e. The quantitative estimate of drug-likeness (QED) is 0.609. The van der Waals surface area contributed by atoms with Crippen molar-refractivity contribution in [2.75, 3.05) is 12.4 Å². The second kappa shape index (κ2) is 6.80. The van der Waals surface area contributed by atoms with Crippen molar-refractivity contribution in [2.45, 2.75) is 44.3 Å². The minimum absolute atomic E-state index is 0.0323. The van der Waals surface area contributed by atoms with Crippen LogP contribution in [0.25, 0.3) is 0 Å². The predicted molar refractivity (Wildman–Crippen MR) is 96.4 cm³/mol. The number of aryl methyl sites for hydroxylation is 1. The molecule has 0 saturated carbocycles. The van der Waals surface area contributed by atoms with Gasteiger partial charge in [-0.1, -0.05) is 23.9 Å². The molecule has 0 radical (unpaired) electrons. The summed E-state index contributed by atoms with van der Waals surface area (Å²) in [4.78, 5) is 30.8. The van der Waals surface area contributed by atoms with Crippen molar-refractivity contribution >= 4 is 23.6 Å². The van der Waals surface area contributed by atoms with Gasteiger partial charge in [-0.25, -0.2) is 4.98 Å². The van der Waals surface area contributed by atoms with E-state index in [-0.39, 0.29) is 36.3 Å². The van der Waals surface area contributed by atoms with Gasteiger partial charge >= 0.3 is 0 Å². The number of nitrogens with zero attached hydrogens (tertiary/aromatic N) is 2. The van der Waals surface area contributed by atoms with Gasteiger partial charge in [0.25, 0.3) is 5.91 Å². The van der Waals surface area contributed by atoms with Crippen molar-refractivity contribution in [3.8, 4) is 0 Å². The number of primary amides is 1. The average Bonchev–Trinajstić information content (AvgIpc) is 3.17. The van der Waals surface area contributed by atoms with Crippen molar-refractivity contribution in [2.24, 2.45) is 11.7 Å². The van der Waals surface area contributed by atoms with Crippen LogP contribution in [-0.2, 0) is 4.79 Å². The van der Waals surface area contributed by atoms with Crippen LogP contribution in [-0.4, -0.2) is 51.2 Å². The molecule has 134 valence electrons. The van der Waals surface area contributed by atoms with E-state index in [0.29, 0.717) is 10.6 Å². The molecule has 2 heterocycles. The van der Waals surface area contributed by atoms with Gasteiger partial charge in [-0.3, -0.25) is 9.59 Å². The van der Waals surface area contributed by atoms with Crippen molar-refractivity contribution < 1.29 is 14.7 Å². The van der Waals surface area contributed by atoms with Crippen molar-refractivity contribution in [1.29, 1.82) is 0 Å². The summed E-state index contributed by atoms with van der Waals surface area (Å²) in [6.07, 6.45) is 5.00. The Bertz CT molecular complexity index is 762. The van der Waals surface area contributed by atoms with E-state index in [1.54, 1.807) is 4.90 Å². The summed E-state index contributed by atoms with van der Waals surface area (Å²) in [5.41, 5.74) is 8.49. The summed E-state index contributed by atoms with van der Waals surface area (Å²) in [5, 5.41) is 10.1. The van der Waals surface area contributed by atoms with Crippen LogP contribution in [0.4, 0.5) is 0 Å². The van der Waals surface area contributed by atoms with Gasteiger partial charge < -0.3 is 15.7 Å². The van der Waals surface area contributed by atoms with Gasteiger partial charge in [-0.2, -0.15) is 0 Å². The molecule has 25 heavy (non-hydrogen) atoms. The molecule has 7 heteroatoms. The van der Waals surface area contributed by atoms with E-state index in [0.717, 1.165) is 23.2 Å². The molecule has 3 rings (SSSR count). The molecule has 0 spiro atoms. The highest BCUT2D eigenvalue weighted by molar-refractivity contribution is 8.00. The van der Waals surface area contributed by atoms with Gasteiger partial charge in [0.2, 0.25) is 5.91 Å². The molecule has 0 aromatic carbocycles. The maximum absolute atomic E-state index is 12.7. The first-order valence-corrected chi connectivity index (χ1v) is 9.34. The number of carbonyl (C=O) groups is 2. The van der Waals surface area contributed by atoms with E-state index in [1.165, 1.54) is 11.8 Å². The Labute approximate surface area is 151 Å². The van der Waals surface area contributed by atoms with Crippen molar-refractivity contribution in [3.05, 3.63) is 34.5 Å². The molecular weight excluding hydrogens is 338 g/mol. The second-order valence-electron chi connectivity index (χ2n) is 6.68. The Morgan fingerprint density at radius 2 is 2.04 bits per heavy atom. The highest BCUT2D eigenvalue weighted by Crippen LogP contribution is 2.38. The number of aliphatic hydroxyl groups excluding tert-OH is 1. The number of nitrogens with two attached hydrogens (primary N) is 1. The van der Waals surface area contributed by atoms with Crippen LogP contribution >= 0.6 is 11.8 Å². The zero-order valence-corrected chi connectivity index (χ0v) is 15.5. The lowest BCUT2D eigenvalue weighted by atomic mass is 10.0. The molecule has 1 fully saturated rings. The van der Waals surface area contributed by atoms with Gasteiger partial charge in [-0.15, -0.1) is 0 Å². The SMILES string of the molecule is Cc1nc(SCC(=O)N2C3C=CC(C3)C2CO)c(C(N)=O)c(C)c1C. The number of hydrogen-bond donors (Lipinski definition) is 2. The van der Waals surface area contributed by atoms with E-state index in [9.17, 15) is 14.7 Å². The van der Waals surface area contributed by atoms with Crippen LogP contribution < -0.4 is 5.73 Å². The van der Waals surface area contributed by atoms with E-state index in [1.807, 2.05) is 26.8 Å². The summed E-state index contributed by atoms with van der Waals surface area (Å²) in [7, 11) is 0. The molecule has 3 N–H and O–H groups in total. The Balaban J connectivity index is 1.79. The van der Waals surface area contributed by atoms with Gasteiger partial charge in [-0.05, 0) is 38.3 Å². The number of amides is 2. The van der Waals surface area contributed by atoms with Crippen LogP contribution in [0.1, 0.15) is 33.6 Å². The van der Waals surface area contributed by atoms with Gasteiger partial charge in [0.05, 0.1) is 30.0 Å². The van der Waals surface area contributed by atoms with E-state index in [2.05, 4.69) is 11.1 Å². The molecule has 3 atom stereocenters. The van der Waals surface area contributed by atoms with Gasteiger partial charge in [0, 0.05) is 11.6 Å². The molecular formula is C18H23N3O3S. The first kappa shape index (κ1) is 17.9. The third kappa shape index (κ3) is 3.06. The normalized spacial score (nSPS) is 24.2. The maximum Gasteiger partial charge on any atom is 0.251 e. The molecule has 2 aliphatic rings. The molecule has 1 saturated heterocycles. The zero-order valence-electron chi connectivity index (χ0n) is 14.7. The average molecular weight is 361 g/mol. The van der Waals surface area contributed by atoms with Crippen LogP contribution in [0.2, 0.25) is 0 Å². The Morgan fingerprint density at radius 3 is 2.68 bits per heavy atom. The Kier molecular flexibility index (Phi) is 4.88. The Hall–Kier alpha value is -1.86. The first-order chi connectivity index (χ1) is 11.8. The fraction of sp³-hybridized carbons (Fsp3) is 0.500. The number of aromatic nitrogens is 1. The second-order valence-corrected chi connectivity index (χ2v) is 7.65. The van der Waals surface area contributed by atoms with E-state index >= 15 is 0 Å². The fourth-order valence-electron chi connectivity index (χ4n) is 3.75. The molecule has 3 unspecified atom stereocenters. The lowest BCUT2D eigenvalue weighted by Gasteiger charge is -2.31. The summed E-state index contributed by atoms with van der Waals surface area (Å²) < 4.78 is 0. The molecule has 1 aliphatic heterocycles. The number of likely N-dealkylation sites (tertiary alicyclic amines) is 1. The van der Waals surface area contributed by atoms with Gasteiger partial charge in [0.15, 0.2) is 0 Å². The highest BCUT2D eigenvalue weighted by atomic mass is 32.2. The largest absolute Gasteiger partial charge is 0.394 e. The van der Waals surface area contributed by atoms with Gasteiger partial charge in [0.1, 0.15) is 5.03 Å². The standard InChI is InChI=1S/C18H23N3O3S/c1-9-10(2)16(17(19)24)18(20-11(9)3)25-8-15(23)21-13-5-4-12(6-13)14(21)7-22/h4-5,12-14,22H,6-8H2,1-3H3,(H2,19,24). The minimum Gasteiger partial charge on any atom is -0.394 e. The van der Waals surface area contributed by atoms with E-state index < -0.39 is 5.91 Å². The molecule has 2 bridgehead atoms. The number of aliphatic hydroxyl groups is 1. The number of rotatable bonds is 5. The van der Waals surface area contributed by atoms with Crippen LogP contribution in [0.3, 0.4) is 0 Å². The van der Waals surface area contributed by atoms with Crippen LogP contribution in [0.5, 0.6) is 0 Å². The lowest BCUT2D eigenvalue weighted by Crippen LogP contribution is -2.46. The van der Waals surface area contributed by atoms with E-state index in [4.69, 9.17) is 5.73 Å². The summed E-state index contributed by atoms with van der Waals surface area (Å²) in [5.74, 6) is -0.163. The van der Waals surface area contributed by atoms with Crippen molar-refractivity contribution in [1.82, 2.24) is 9.88 Å². The lowest BCUT2D eigenvalue weighted by molar-refractivity contribution is -0.131. The summed E-state index contributed by atoms with van der Waals surface area (Å²) >= 11 is 1.24. The number of thioether (sulfide) groups is 1. The molecule has 1 aromatic rings. The topological polar surface area (TPSA) is 96.5 Å². The summed E-state index contributed by atoms with van der Waals surface area (Å²) in [6.45, 7) is 5.60. The fourth-order valence-corrected chi connectivity index (χ4v) is 4.76. The molecule has 1 aliphatic carbocycles. The number of pyridine rings is 1. The van der Waals surface area contributed by atoms with Crippen molar-refractivity contribution in [3.63, 3.8) is 0 Å². The number of fused-ring (bicyclic) bond motifs is 2. The third-order valence-electron chi connectivity index (χ3n) is 5.32. The maximum atomic E-state index is 12.7. The predicted octanol–water partition coefficient (Wildman–Crippen LogP) is 1.35. The first-order valence-electron chi connectivity index (χ1n) is 8.35. The zero-order chi connectivity index (χ0) is 18.3. The summed E-state index contributed by atoms with van der Waals surface area (Å²) in [6, 6.07) is -0.0755. The molecule has 6 nitrogen and oxygen atoms in total. The number of hydrogen-bond acceptors (Lipinski definition) is 5. The molecule has 1 aromatic heterocycles. The third-order valence-corrected chi connectivity index (χ3v) is 6.28. The molecule has 2 amide bonds. The minimum atomic E-state index is -0.528.